The molecule has 0 spiro atoms. The fraction of sp³-hybridized carbons (Fsp3) is 0.550. The molecule has 2 aromatic rings. The van der Waals surface area contributed by atoms with Crippen LogP contribution in [0.1, 0.15) is 43.5 Å². The van der Waals surface area contributed by atoms with Crippen LogP contribution in [0.25, 0.3) is 0 Å². The molecule has 0 radical (unpaired) electrons. The number of thioether (sulfide) groups is 1. The first-order valence-electron chi connectivity index (χ1n) is 10.1. The number of anilines is 1. The molecule has 2 heterocycles. The Bertz CT molecular complexity index is 871. The number of hydrogen-bond donors (Lipinski definition) is 0. The van der Waals surface area contributed by atoms with Crippen molar-refractivity contribution in [1.29, 1.82) is 0 Å². The van der Waals surface area contributed by atoms with Gasteiger partial charge in [0.05, 0.1) is 11.4 Å². The number of hydrogen-bond acceptors (Lipinski definition) is 5. The third-order valence-electron chi connectivity index (χ3n) is 5.70. The number of carbonyl (C=O) groups excluding carboxylic acids is 1. The van der Waals surface area contributed by atoms with E-state index >= 15 is 0 Å². The highest BCUT2D eigenvalue weighted by atomic mass is 32.2. The van der Waals surface area contributed by atoms with Crippen LogP contribution in [0.2, 0.25) is 0 Å². The molecule has 0 bridgehead atoms. The third-order valence-corrected chi connectivity index (χ3v) is 6.62. The summed E-state index contributed by atoms with van der Waals surface area (Å²) in [7, 11) is 0. The largest absolute Gasteiger partial charge is 0.366 e. The van der Waals surface area contributed by atoms with Crippen molar-refractivity contribution >= 4 is 23.4 Å². The summed E-state index contributed by atoms with van der Waals surface area (Å²) in [5.74, 6) is 2.00. The average Bonchev–Trinajstić information content (AvgIpc) is 3.65. The quantitative estimate of drug-likeness (QED) is 0.697. The number of halogens is 1. The van der Waals surface area contributed by atoms with Gasteiger partial charge < -0.3 is 14.4 Å². The van der Waals surface area contributed by atoms with Gasteiger partial charge in [0.2, 0.25) is 5.91 Å². The number of carbonyl (C=O) groups is 1. The highest BCUT2D eigenvalue weighted by Gasteiger charge is 2.36. The second-order valence-corrected chi connectivity index (χ2v) is 8.77. The highest BCUT2D eigenvalue weighted by Crippen LogP contribution is 2.46. The predicted molar refractivity (Wildman–Crippen MR) is 106 cm³/mol. The molecule has 1 aliphatic heterocycles. The second-order valence-electron chi connectivity index (χ2n) is 7.82. The van der Waals surface area contributed by atoms with Gasteiger partial charge in [0.1, 0.15) is 11.6 Å². The molecule has 148 valence electrons. The summed E-state index contributed by atoms with van der Waals surface area (Å²) in [6.45, 7) is 2.55. The van der Waals surface area contributed by atoms with E-state index in [2.05, 4.69) is 14.8 Å². The summed E-state index contributed by atoms with van der Waals surface area (Å²) in [5, 5.41) is 9.67. The summed E-state index contributed by atoms with van der Waals surface area (Å²) in [6, 6.07) is 7.36. The molecule has 1 amide bonds. The van der Waals surface area contributed by atoms with E-state index in [1.807, 2.05) is 15.9 Å². The van der Waals surface area contributed by atoms with Crippen LogP contribution in [0, 0.1) is 5.82 Å². The third kappa shape index (κ3) is 3.62. The molecule has 1 saturated heterocycles. The molecule has 1 aromatic heterocycles. The normalized spacial score (nSPS) is 19.9. The van der Waals surface area contributed by atoms with Gasteiger partial charge >= 0.3 is 0 Å². The Labute approximate surface area is 168 Å². The van der Waals surface area contributed by atoms with E-state index in [4.69, 9.17) is 0 Å². The van der Waals surface area contributed by atoms with Gasteiger partial charge in [0.25, 0.3) is 0 Å². The van der Waals surface area contributed by atoms with Crippen LogP contribution >= 0.6 is 11.8 Å². The molecule has 2 saturated carbocycles. The minimum absolute atomic E-state index is 0.122. The molecule has 8 heteroatoms. The minimum Gasteiger partial charge on any atom is -0.366 e. The van der Waals surface area contributed by atoms with Gasteiger partial charge in [0, 0.05) is 38.1 Å². The summed E-state index contributed by atoms with van der Waals surface area (Å²) in [5.41, 5.74) is 0.620. The summed E-state index contributed by atoms with van der Waals surface area (Å²) < 4.78 is 16.3. The van der Waals surface area contributed by atoms with Crippen molar-refractivity contribution in [3.05, 3.63) is 35.9 Å². The van der Waals surface area contributed by atoms with Gasteiger partial charge in [-0.25, -0.2) is 4.39 Å². The Hall–Kier alpha value is -2.09. The van der Waals surface area contributed by atoms with E-state index in [0.717, 1.165) is 11.0 Å². The van der Waals surface area contributed by atoms with Gasteiger partial charge in [0.15, 0.2) is 5.16 Å². The Balaban J connectivity index is 1.17. The van der Waals surface area contributed by atoms with Crippen LogP contribution in [0.3, 0.4) is 0 Å². The predicted octanol–water partition coefficient (Wildman–Crippen LogP) is 3.07. The smallest absolute Gasteiger partial charge is 0.233 e. The Morgan fingerprint density at radius 3 is 2.50 bits per heavy atom. The molecule has 1 aromatic carbocycles. The van der Waals surface area contributed by atoms with Crippen LogP contribution in [-0.2, 0) is 4.79 Å². The number of amides is 1. The Morgan fingerprint density at radius 1 is 1.07 bits per heavy atom. The molecule has 3 aliphatic rings. The SMILES string of the molecule is O=C(CSc1nnc(C2CC2)n1C1CC1)N1CCN(c2ccccc2F)CC1. The van der Waals surface area contributed by atoms with E-state index in [9.17, 15) is 9.18 Å². The van der Waals surface area contributed by atoms with Crippen LogP contribution in [-0.4, -0.2) is 57.5 Å². The molecule has 2 aliphatic carbocycles. The lowest BCUT2D eigenvalue weighted by Gasteiger charge is -2.36. The maximum absolute atomic E-state index is 14.0. The van der Waals surface area contributed by atoms with E-state index in [-0.39, 0.29) is 11.7 Å². The van der Waals surface area contributed by atoms with Crippen molar-refractivity contribution in [2.24, 2.45) is 0 Å². The zero-order valence-electron chi connectivity index (χ0n) is 15.8. The monoisotopic (exact) mass is 401 g/mol. The molecule has 28 heavy (non-hydrogen) atoms. The van der Waals surface area contributed by atoms with Crippen molar-refractivity contribution in [2.75, 3.05) is 36.8 Å². The van der Waals surface area contributed by atoms with Gasteiger partial charge in [-0.2, -0.15) is 0 Å². The van der Waals surface area contributed by atoms with Gasteiger partial charge in [-0.15, -0.1) is 10.2 Å². The standard InChI is InChI=1S/C20H24FN5OS/c21-16-3-1-2-4-17(16)24-9-11-25(12-10-24)18(27)13-28-20-23-22-19(14-5-6-14)26(20)15-7-8-15/h1-4,14-15H,5-13H2. The molecule has 3 fully saturated rings. The molecule has 6 nitrogen and oxygen atoms in total. The van der Waals surface area contributed by atoms with Crippen molar-refractivity contribution < 1.29 is 9.18 Å². The van der Waals surface area contributed by atoms with Gasteiger partial charge in [-0.1, -0.05) is 23.9 Å². The Morgan fingerprint density at radius 2 is 1.82 bits per heavy atom. The van der Waals surface area contributed by atoms with Crippen molar-refractivity contribution in [3.8, 4) is 0 Å². The minimum atomic E-state index is -0.205. The first-order valence-corrected chi connectivity index (χ1v) is 11.0. The van der Waals surface area contributed by atoms with Crippen molar-refractivity contribution in [2.45, 2.75) is 42.8 Å². The number of piperazine rings is 1. The number of aromatic nitrogens is 3. The van der Waals surface area contributed by atoms with E-state index in [0.29, 0.717) is 49.6 Å². The maximum Gasteiger partial charge on any atom is 0.233 e. The molecule has 0 N–H and O–H groups in total. The molecule has 5 rings (SSSR count). The van der Waals surface area contributed by atoms with Crippen molar-refractivity contribution in [1.82, 2.24) is 19.7 Å². The summed E-state index contributed by atoms with van der Waals surface area (Å²) in [6.07, 6.45) is 4.80. The van der Waals surface area contributed by atoms with Crippen LogP contribution in [0.4, 0.5) is 10.1 Å². The van der Waals surface area contributed by atoms with E-state index in [1.165, 1.54) is 43.5 Å². The lowest BCUT2D eigenvalue weighted by Crippen LogP contribution is -2.49. The molecular formula is C20H24FN5OS. The lowest BCUT2D eigenvalue weighted by molar-refractivity contribution is -0.128. The lowest BCUT2D eigenvalue weighted by atomic mass is 10.2. The number of nitrogens with zero attached hydrogens (tertiary/aromatic N) is 5. The molecule has 0 unspecified atom stereocenters. The van der Waals surface area contributed by atoms with Gasteiger partial charge in [-0.05, 0) is 37.8 Å². The highest BCUT2D eigenvalue weighted by molar-refractivity contribution is 7.99. The van der Waals surface area contributed by atoms with Crippen LogP contribution in [0.5, 0.6) is 0 Å². The second kappa shape index (κ2) is 7.39. The fourth-order valence-electron chi connectivity index (χ4n) is 3.81. The Kier molecular flexibility index (Phi) is 4.74. The van der Waals surface area contributed by atoms with E-state index < -0.39 is 0 Å². The molecular weight excluding hydrogens is 377 g/mol. The van der Waals surface area contributed by atoms with E-state index in [1.54, 1.807) is 12.1 Å². The first kappa shape index (κ1) is 18.0. The first-order chi connectivity index (χ1) is 13.7. The summed E-state index contributed by atoms with van der Waals surface area (Å²) >= 11 is 1.51. The van der Waals surface area contributed by atoms with Gasteiger partial charge in [-0.3, -0.25) is 4.79 Å². The topological polar surface area (TPSA) is 54.3 Å². The zero-order valence-corrected chi connectivity index (χ0v) is 16.6. The summed E-state index contributed by atoms with van der Waals surface area (Å²) in [4.78, 5) is 16.6. The molecule has 0 atom stereocenters. The maximum atomic E-state index is 14.0. The van der Waals surface area contributed by atoms with Crippen molar-refractivity contribution in [3.63, 3.8) is 0 Å². The fourth-order valence-corrected chi connectivity index (χ4v) is 4.72. The average molecular weight is 402 g/mol. The van der Waals surface area contributed by atoms with Crippen LogP contribution < -0.4 is 4.90 Å². The number of benzene rings is 1. The van der Waals surface area contributed by atoms with Crippen LogP contribution in [0.15, 0.2) is 29.4 Å². The number of para-hydroxylation sites is 1. The number of rotatable bonds is 6. The zero-order chi connectivity index (χ0) is 19.1.